The maximum absolute atomic E-state index is 12.1. The number of aromatic nitrogens is 2. The van der Waals surface area contributed by atoms with Crippen LogP contribution >= 0.6 is 11.3 Å². The molecule has 7 heteroatoms. The first-order valence-corrected chi connectivity index (χ1v) is 6.98. The van der Waals surface area contributed by atoms with Crippen LogP contribution in [-0.4, -0.2) is 15.9 Å². The number of thiazole rings is 1. The first-order chi connectivity index (χ1) is 10.1. The molecule has 3 aromatic rings. The van der Waals surface area contributed by atoms with Gasteiger partial charge < -0.3 is 15.5 Å². The number of carbonyl (C=O) groups excluding carboxylic acids is 1. The summed E-state index contributed by atoms with van der Waals surface area (Å²) in [5, 5.41) is 3.20. The number of aryl methyl sites for hydroxylation is 1. The van der Waals surface area contributed by atoms with Crippen molar-refractivity contribution in [3.8, 4) is 11.3 Å². The largest absolute Gasteiger partial charge is 0.444 e. The molecule has 21 heavy (non-hydrogen) atoms. The summed E-state index contributed by atoms with van der Waals surface area (Å²) in [7, 11) is 0. The number of nitrogen functional groups attached to an aromatic ring is 1. The minimum Gasteiger partial charge on any atom is -0.444 e. The van der Waals surface area contributed by atoms with Gasteiger partial charge in [0.2, 0.25) is 0 Å². The van der Waals surface area contributed by atoms with Crippen LogP contribution in [0.4, 0.5) is 10.8 Å². The zero-order chi connectivity index (χ0) is 14.8. The van der Waals surface area contributed by atoms with Crippen molar-refractivity contribution in [3.63, 3.8) is 0 Å². The number of hydrogen-bond donors (Lipinski definition) is 2. The lowest BCUT2D eigenvalue weighted by molar-refractivity contribution is 0.103. The third-order valence-corrected chi connectivity index (χ3v) is 3.86. The fraction of sp³-hybridized carbons (Fsp3) is 0.0714. The second kappa shape index (κ2) is 5.37. The van der Waals surface area contributed by atoms with E-state index in [-0.39, 0.29) is 5.91 Å². The van der Waals surface area contributed by atoms with Crippen molar-refractivity contribution in [2.75, 3.05) is 11.1 Å². The highest BCUT2D eigenvalue weighted by molar-refractivity contribution is 7.17. The Hall–Kier alpha value is -2.67. The fourth-order valence-electron chi connectivity index (χ4n) is 1.89. The second-order valence-corrected chi connectivity index (χ2v) is 5.39. The molecule has 0 saturated heterocycles. The Kier molecular flexibility index (Phi) is 3.41. The van der Waals surface area contributed by atoms with Crippen LogP contribution in [0, 0.1) is 6.92 Å². The highest BCUT2D eigenvalue weighted by atomic mass is 32.1. The fourth-order valence-corrected chi connectivity index (χ4v) is 2.62. The summed E-state index contributed by atoms with van der Waals surface area (Å²) in [5.41, 5.74) is 7.81. The predicted molar refractivity (Wildman–Crippen MR) is 81.2 cm³/mol. The third-order valence-electron chi connectivity index (χ3n) is 2.88. The topological polar surface area (TPSA) is 94.0 Å². The molecule has 1 aromatic carbocycles. The number of benzene rings is 1. The Morgan fingerprint density at radius 2 is 2.10 bits per heavy atom. The van der Waals surface area contributed by atoms with Crippen LogP contribution in [0.3, 0.4) is 0 Å². The zero-order valence-corrected chi connectivity index (χ0v) is 12.0. The number of nitrogens with zero attached hydrogens (tertiary/aromatic N) is 2. The zero-order valence-electron chi connectivity index (χ0n) is 11.2. The van der Waals surface area contributed by atoms with Crippen molar-refractivity contribution in [2.24, 2.45) is 0 Å². The number of oxazole rings is 1. The number of hydrogen-bond acceptors (Lipinski definition) is 6. The second-order valence-electron chi connectivity index (χ2n) is 4.36. The maximum Gasteiger partial charge on any atom is 0.267 e. The summed E-state index contributed by atoms with van der Waals surface area (Å²) in [6, 6.07) is 7.30. The molecular weight excluding hydrogens is 288 g/mol. The van der Waals surface area contributed by atoms with Gasteiger partial charge in [0.15, 0.2) is 17.3 Å². The quantitative estimate of drug-likeness (QED) is 0.775. The van der Waals surface area contributed by atoms with Crippen molar-refractivity contribution in [1.82, 2.24) is 9.97 Å². The smallest absolute Gasteiger partial charge is 0.267 e. The van der Waals surface area contributed by atoms with Crippen LogP contribution in [-0.2, 0) is 0 Å². The van der Waals surface area contributed by atoms with Crippen molar-refractivity contribution in [2.45, 2.75) is 6.92 Å². The highest BCUT2D eigenvalue weighted by Gasteiger charge is 2.14. The summed E-state index contributed by atoms with van der Waals surface area (Å²) in [6.45, 7) is 1.76. The molecule has 0 aliphatic rings. The normalized spacial score (nSPS) is 10.5. The van der Waals surface area contributed by atoms with Gasteiger partial charge in [-0.15, -0.1) is 0 Å². The van der Waals surface area contributed by atoms with Crippen LogP contribution in [0.2, 0.25) is 0 Å². The van der Waals surface area contributed by atoms with Crippen LogP contribution in [0.15, 0.2) is 41.3 Å². The Balaban J connectivity index is 1.76. The van der Waals surface area contributed by atoms with Crippen LogP contribution in [0.25, 0.3) is 11.3 Å². The van der Waals surface area contributed by atoms with Crippen molar-refractivity contribution in [3.05, 3.63) is 47.4 Å². The summed E-state index contributed by atoms with van der Waals surface area (Å²) < 4.78 is 5.21. The standard InChI is InChI=1S/C14H12N4O2S/c1-8-12(21-14(15)17-8)13(19)18-10-4-2-9(3-5-10)11-6-16-7-20-11/h2-7H,1H3,(H2,15,17)(H,18,19). The molecule has 0 unspecified atom stereocenters. The molecule has 0 saturated carbocycles. The Morgan fingerprint density at radius 3 is 2.67 bits per heavy atom. The van der Waals surface area contributed by atoms with E-state index in [4.69, 9.17) is 10.2 Å². The number of rotatable bonds is 3. The number of nitrogens with two attached hydrogens (primary N) is 1. The lowest BCUT2D eigenvalue weighted by atomic mass is 10.1. The number of amides is 1. The SMILES string of the molecule is Cc1nc(N)sc1C(=O)Nc1ccc(-c2cnco2)cc1. The van der Waals surface area contributed by atoms with E-state index >= 15 is 0 Å². The Bertz CT molecular complexity index is 763. The molecule has 3 rings (SSSR count). The van der Waals surface area contributed by atoms with Gasteiger partial charge in [0.25, 0.3) is 5.91 Å². The summed E-state index contributed by atoms with van der Waals surface area (Å²) >= 11 is 1.17. The third kappa shape index (κ3) is 2.77. The minimum absolute atomic E-state index is 0.214. The van der Waals surface area contributed by atoms with E-state index in [1.54, 1.807) is 25.3 Å². The van der Waals surface area contributed by atoms with E-state index in [0.29, 0.717) is 27.2 Å². The molecule has 0 aliphatic carbocycles. The van der Waals surface area contributed by atoms with E-state index in [2.05, 4.69) is 15.3 Å². The van der Waals surface area contributed by atoms with E-state index < -0.39 is 0 Å². The van der Waals surface area contributed by atoms with Crippen molar-refractivity contribution >= 4 is 28.1 Å². The molecule has 6 nitrogen and oxygen atoms in total. The predicted octanol–water partition coefficient (Wildman–Crippen LogP) is 2.94. The van der Waals surface area contributed by atoms with Gasteiger partial charge in [0.05, 0.1) is 11.9 Å². The molecule has 0 spiro atoms. The summed E-state index contributed by atoms with van der Waals surface area (Å²) in [4.78, 5) is 20.6. The van der Waals surface area contributed by atoms with Gasteiger partial charge in [-0.05, 0) is 31.2 Å². The van der Waals surface area contributed by atoms with Crippen molar-refractivity contribution < 1.29 is 9.21 Å². The van der Waals surface area contributed by atoms with E-state index in [1.165, 1.54) is 17.7 Å². The molecule has 0 atom stereocenters. The van der Waals surface area contributed by atoms with Gasteiger partial charge in [0, 0.05) is 11.3 Å². The molecule has 106 valence electrons. The minimum atomic E-state index is -0.214. The first-order valence-electron chi connectivity index (χ1n) is 6.16. The first kappa shape index (κ1) is 13.3. The summed E-state index contributed by atoms with van der Waals surface area (Å²) in [5.74, 6) is 0.466. The van der Waals surface area contributed by atoms with Crippen molar-refractivity contribution in [1.29, 1.82) is 0 Å². The van der Waals surface area contributed by atoms with Gasteiger partial charge >= 0.3 is 0 Å². The molecule has 1 amide bonds. The van der Waals surface area contributed by atoms with Gasteiger partial charge in [-0.1, -0.05) is 11.3 Å². The average Bonchev–Trinajstić information content (AvgIpc) is 3.09. The van der Waals surface area contributed by atoms with Crippen LogP contribution in [0.5, 0.6) is 0 Å². The molecule has 0 radical (unpaired) electrons. The average molecular weight is 300 g/mol. The van der Waals surface area contributed by atoms with E-state index in [9.17, 15) is 4.79 Å². The molecule has 2 aromatic heterocycles. The number of carbonyl (C=O) groups is 1. The summed E-state index contributed by atoms with van der Waals surface area (Å²) in [6.07, 6.45) is 3.01. The monoisotopic (exact) mass is 300 g/mol. The van der Waals surface area contributed by atoms with E-state index in [1.807, 2.05) is 12.1 Å². The molecular formula is C14H12N4O2S. The van der Waals surface area contributed by atoms with Gasteiger partial charge in [0.1, 0.15) is 4.88 Å². The van der Waals surface area contributed by atoms with Gasteiger partial charge in [-0.3, -0.25) is 4.79 Å². The Labute approximate surface area is 124 Å². The highest BCUT2D eigenvalue weighted by Crippen LogP contribution is 2.23. The Morgan fingerprint density at radius 1 is 1.33 bits per heavy atom. The van der Waals surface area contributed by atoms with Crippen LogP contribution < -0.4 is 11.1 Å². The molecule has 0 bridgehead atoms. The number of anilines is 2. The van der Waals surface area contributed by atoms with E-state index in [0.717, 1.165) is 5.56 Å². The molecule has 0 fully saturated rings. The maximum atomic E-state index is 12.1. The molecule has 3 N–H and O–H groups in total. The lowest BCUT2D eigenvalue weighted by Gasteiger charge is -2.04. The van der Waals surface area contributed by atoms with Crippen LogP contribution in [0.1, 0.15) is 15.4 Å². The van der Waals surface area contributed by atoms with Gasteiger partial charge in [-0.25, -0.2) is 9.97 Å². The lowest BCUT2D eigenvalue weighted by Crippen LogP contribution is -2.11. The molecule has 2 heterocycles. The van der Waals surface area contributed by atoms with Gasteiger partial charge in [-0.2, -0.15) is 0 Å². The molecule has 0 aliphatic heterocycles. The number of nitrogens with one attached hydrogen (secondary N) is 1.